The normalized spacial score (nSPS) is 17.3. The summed E-state index contributed by atoms with van der Waals surface area (Å²) < 4.78 is 6.44. The van der Waals surface area contributed by atoms with Gasteiger partial charge in [0.15, 0.2) is 5.69 Å². The molecule has 1 aliphatic heterocycles. The lowest BCUT2D eigenvalue weighted by molar-refractivity contribution is -0.124. The van der Waals surface area contributed by atoms with Gasteiger partial charge in [0.25, 0.3) is 5.56 Å². The van der Waals surface area contributed by atoms with Crippen molar-refractivity contribution in [3.63, 3.8) is 0 Å². The van der Waals surface area contributed by atoms with E-state index in [1.54, 1.807) is 4.90 Å². The number of hydrogen-bond acceptors (Lipinski definition) is 6. The highest BCUT2D eigenvalue weighted by atomic mass is 16.5. The number of amides is 2. The molecule has 2 amide bonds. The second kappa shape index (κ2) is 10.1. The topological polar surface area (TPSA) is 131 Å². The van der Waals surface area contributed by atoms with Crippen LogP contribution >= 0.6 is 0 Å². The highest BCUT2D eigenvalue weighted by molar-refractivity contribution is 6.05. The first-order valence-electron chi connectivity index (χ1n) is 12.1. The lowest BCUT2D eigenvalue weighted by Gasteiger charge is -2.27. The standard InChI is InChI=1S/C25H33N5O5/c1-15(2)13-30-22(26)21(23(32)27-25(30)34)28(9-10-35-3)24(33)18-12-20(31)29(14-18)19-8-7-16-5-4-6-17(16)11-19/h7-8,11,15,18H,4-6,9-10,12-14,26H2,1-3H3,(H,27,32,34). The Morgan fingerprint density at radius 2 is 1.97 bits per heavy atom. The van der Waals surface area contributed by atoms with E-state index in [0.717, 1.165) is 24.9 Å². The quantitative estimate of drug-likeness (QED) is 0.582. The fraction of sp³-hybridized carbons (Fsp3) is 0.520. The molecule has 1 unspecified atom stereocenters. The number of fused-ring (bicyclic) bond motifs is 1. The molecule has 35 heavy (non-hydrogen) atoms. The van der Waals surface area contributed by atoms with Crippen LogP contribution in [0.25, 0.3) is 0 Å². The van der Waals surface area contributed by atoms with Crippen LogP contribution in [0.5, 0.6) is 0 Å². The van der Waals surface area contributed by atoms with E-state index in [1.165, 1.54) is 27.7 Å². The van der Waals surface area contributed by atoms with E-state index >= 15 is 0 Å². The van der Waals surface area contributed by atoms with Crippen molar-refractivity contribution in [1.29, 1.82) is 0 Å². The van der Waals surface area contributed by atoms with Crippen LogP contribution in [-0.2, 0) is 33.7 Å². The summed E-state index contributed by atoms with van der Waals surface area (Å²) in [5.41, 5.74) is 8.17. The van der Waals surface area contributed by atoms with Crippen molar-refractivity contribution in [2.45, 2.75) is 46.1 Å². The molecule has 2 aliphatic rings. The van der Waals surface area contributed by atoms with Crippen LogP contribution in [0.3, 0.4) is 0 Å². The minimum Gasteiger partial charge on any atom is -0.383 e. The van der Waals surface area contributed by atoms with Gasteiger partial charge in [-0.25, -0.2) is 4.79 Å². The monoisotopic (exact) mass is 483 g/mol. The average Bonchev–Trinajstić information content (AvgIpc) is 3.44. The molecule has 0 spiro atoms. The van der Waals surface area contributed by atoms with Gasteiger partial charge >= 0.3 is 5.69 Å². The Hall–Kier alpha value is -3.40. The van der Waals surface area contributed by atoms with E-state index in [4.69, 9.17) is 10.5 Å². The number of aryl methyl sites for hydroxylation is 2. The number of nitrogen functional groups attached to an aromatic ring is 1. The maximum Gasteiger partial charge on any atom is 0.330 e. The molecular formula is C25H33N5O5. The number of nitrogens with zero attached hydrogens (tertiary/aromatic N) is 3. The van der Waals surface area contributed by atoms with Crippen molar-refractivity contribution in [3.05, 3.63) is 50.2 Å². The number of nitrogens with one attached hydrogen (secondary N) is 1. The summed E-state index contributed by atoms with van der Waals surface area (Å²) in [6, 6.07) is 6.03. The number of methoxy groups -OCH3 is 1. The molecule has 1 atom stereocenters. The Morgan fingerprint density at radius 3 is 2.69 bits per heavy atom. The fourth-order valence-corrected chi connectivity index (χ4v) is 4.97. The zero-order valence-corrected chi connectivity index (χ0v) is 20.5. The predicted molar refractivity (Wildman–Crippen MR) is 134 cm³/mol. The molecule has 0 radical (unpaired) electrons. The zero-order valence-electron chi connectivity index (χ0n) is 20.5. The predicted octanol–water partition coefficient (Wildman–Crippen LogP) is 1.30. The van der Waals surface area contributed by atoms with Gasteiger partial charge in [0, 0.05) is 38.9 Å². The first kappa shape index (κ1) is 24.7. The Balaban J connectivity index is 1.65. The SMILES string of the molecule is COCCN(C(=O)C1CC(=O)N(c2ccc3c(c2)CCC3)C1)c1c(N)n(CC(C)C)c(=O)[nH]c1=O. The van der Waals surface area contributed by atoms with Crippen molar-refractivity contribution in [2.75, 3.05) is 42.3 Å². The third-order valence-electron chi connectivity index (χ3n) is 6.68. The van der Waals surface area contributed by atoms with Crippen molar-refractivity contribution in [2.24, 2.45) is 11.8 Å². The summed E-state index contributed by atoms with van der Waals surface area (Å²) in [5, 5.41) is 0. The molecule has 0 bridgehead atoms. The smallest absolute Gasteiger partial charge is 0.330 e. The summed E-state index contributed by atoms with van der Waals surface area (Å²) in [6.07, 6.45) is 3.18. The number of ether oxygens (including phenoxy) is 1. The van der Waals surface area contributed by atoms with Crippen LogP contribution in [0.1, 0.15) is 37.8 Å². The molecule has 0 saturated carbocycles. The number of benzene rings is 1. The number of rotatable bonds is 8. The van der Waals surface area contributed by atoms with E-state index in [-0.39, 0.29) is 56.0 Å². The Bertz CT molecular complexity index is 1250. The molecule has 2 heterocycles. The second-order valence-corrected chi connectivity index (χ2v) is 9.69. The molecule has 1 aliphatic carbocycles. The summed E-state index contributed by atoms with van der Waals surface area (Å²) in [7, 11) is 1.49. The van der Waals surface area contributed by atoms with Gasteiger partial charge in [0.05, 0.1) is 12.5 Å². The molecule has 188 valence electrons. The van der Waals surface area contributed by atoms with E-state index < -0.39 is 23.1 Å². The van der Waals surface area contributed by atoms with Crippen molar-refractivity contribution >= 4 is 29.0 Å². The van der Waals surface area contributed by atoms with Gasteiger partial charge in [-0.05, 0) is 48.4 Å². The number of nitrogens with two attached hydrogens (primary N) is 1. The van der Waals surface area contributed by atoms with Gasteiger partial charge in [-0.15, -0.1) is 0 Å². The van der Waals surface area contributed by atoms with Gasteiger partial charge in [0.2, 0.25) is 11.8 Å². The van der Waals surface area contributed by atoms with Gasteiger partial charge < -0.3 is 20.3 Å². The lowest BCUT2D eigenvalue weighted by Crippen LogP contribution is -2.45. The zero-order chi connectivity index (χ0) is 25.3. The molecule has 1 fully saturated rings. The Kier molecular flexibility index (Phi) is 7.11. The van der Waals surface area contributed by atoms with Crippen molar-refractivity contribution < 1.29 is 14.3 Å². The summed E-state index contributed by atoms with van der Waals surface area (Å²) >= 11 is 0. The lowest BCUT2D eigenvalue weighted by atomic mass is 10.1. The first-order valence-corrected chi connectivity index (χ1v) is 12.1. The van der Waals surface area contributed by atoms with Crippen LogP contribution < -0.4 is 26.8 Å². The van der Waals surface area contributed by atoms with E-state index in [9.17, 15) is 19.2 Å². The molecule has 1 aromatic heterocycles. The molecule has 4 rings (SSSR count). The summed E-state index contributed by atoms with van der Waals surface area (Å²) in [5.74, 6) is -1.18. The number of hydrogen-bond donors (Lipinski definition) is 2. The second-order valence-electron chi connectivity index (χ2n) is 9.69. The maximum atomic E-state index is 13.7. The number of aromatic amines is 1. The maximum absolute atomic E-state index is 13.7. The van der Waals surface area contributed by atoms with Gasteiger partial charge in [-0.3, -0.25) is 23.9 Å². The van der Waals surface area contributed by atoms with Crippen molar-refractivity contribution in [3.8, 4) is 0 Å². The fourth-order valence-electron chi connectivity index (χ4n) is 4.97. The van der Waals surface area contributed by atoms with E-state index in [0.29, 0.717) is 0 Å². The van der Waals surface area contributed by atoms with Gasteiger partial charge in [0.1, 0.15) is 5.82 Å². The molecule has 3 N–H and O–H groups in total. The third-order valence-corrected chi connectivity index (χ3v) is 6.68. The summed E-state index contributed by atoms with van der Waals surface area (Å²) in [6.45, 7) is 4.55. The highest BCUT2D eigenvalue weighted by Gasteiger charge is 2.39. The Morgan fingerprint density at radius 1 is 1.23 bits per heavy atom. The van der Waals surface area contributed by atoms with Crippen LogP contribution in [0.4, 0.5) is 17.2 Å². The first-order chi connectivity index (χ1) is 16.7. The highest BCUT2D eigenvalue weighted by Crippen LogP contribution is 2.32. The third kappa shape index (κ3) is 4.88. The van der Waals surface area contributed by atoms with E-state index in [2.05, 4.69) is 11.1 Å². The molecule has 1 aromatic carbocycles. The minimum atomic E-state index is -0.739. The molecular weight excluding hydrogens is 450 g/mol. The molecule has 2 aromatic rings. The number of H-pyrrole nitrogens is 1. The number of anilines is 3. The van der Waals surface area contributed by atoms with Crippen LogP contribution in [-0.4, -0.2) is 48.2 Å². The number of aromatic nitrogens is 2. The van der Waals surface area contributed by atoms with E-state index in [1.807, 2.05) is 26.0 Å². The molecule has 10 nitrogen and oxygen atoms in total. The van der Waals surface area contributed by atoms with Gasteiger partial charge in [-0.1, -0.05) is 19.9 Å². The Labute approximate surface area is 203 Å². The summed E-state index contributed by atoms with van der Waals surface area (Å²) in [4.78, 5) is 57.0. The van der Waals surface area contributed by atoms with Crippen molar-refractivity contribution in [1.82, 2.24) is 9.55 Å². The molecule has 10 heteroatoms. The average molecular weight is 484 g/mol. The molecule has 1 saturated heterocycles. The minimum absolute atomic E-state index is 0.0306. The largest absolute Gasteiger partial charge is 0.383 e. The van der Waals surface area contributed by atoms with Gasteiger partial charge in [-0.2, -0.15) is 0 Å². The van der Waals surface area contributed by atoms with Crippen LogP contribution in [0.15, 0.2) is 27.8 Å². The van der Waals surface area contributed by atoms with Crippen LogP contribution in [0, 0.1) is 11.8 Å². The number of carbonyl (C=O) groups is 2. The number of carbonyl (C=O) groups excluding carboxylic acids is 2. The van der Waals surface area contributed by atoms with Crippen LogP contribution in [0.2, 0.25) is 0 Å².